The first-order chi connectivity index (χ1) is 8.77. The van der Waals surface area contributed by atoms with Gasteiger partial charge >= 0.3 is 0 Å². The summed E-state index contributed by atoms with van der Waals surface area (Å²) in [4.78, 5) is 14.2. The van der Waals surface area contributed by atoms with Crippen molar-refractivity contribution in [1.29, 1.82) is 0 Å². The predicted octanol–water partition coefficient (Wildman–Crippen LogP) is 2.66. The molecule has 0 saturated heterocycles. The Labute approximate surface area is 109 Å². The predicted molar refractivity (Wildman–Crippen MR) is 74.7 cm³/mol. The number of benzene rings is 1. The van der Waals surface area contributed by atoms with Crippen LogP contribution in [0.25, 0.3) is 0 Å². The summed E-state index contributed by atoms with van der Waals surface area (Å²) in [6.45, 7) is 3.59. The zero-order valence-electron chi connectivity index (χ0n) is 11.1. The largest absolute Gasteiger partial charge is 0.330 e. The fourth-order valence-electron chi connectivity index (χ4n) is 2.64. The summed E-state index contributed by atoms with van der Waals surface area (Å²) in [5, 5.41) is 0. The van der Waals surface area contributed by atoms with Gasteiger partial charge in [-0.1, -0.05) is 31.5 Å². The Kier molecular flexibility index (Phi) is 4.37. The van der Waals surface area contributed by atoms with Crippen molar-refractivity contribution in [2.45, 2.75) is 38.5 Å². The van der Waals surface area contributed by atoms with Gasteiger partial charge in [-0.15, -0.1) is 0 Å². The van der Waals surface area contributed by atoms with Crippen molar-refractivity contribution in [3.63, 3.8) is 0 Å². The molecule has 1 unspecified atom stereocenters. The molecule has 1 atom stereocenters. The van der Waals surface area contributed by atoms with E-state index in [9.17, 15) is 4.79 Å². The van der Waals surface area contributed by atoms with Gasteiger partial charge in [0.1, 0.15) is 0 Å². The second-order valence-electron chi connectivity index (χ2n) is 4.94. The Balaban J connectivity index is 2.17. The van der Waals surface area contributed by atoms with Gasteiger partial charge in [0.25, 0.3) is 0 Å². The molecule has 1 aliphatic rings. The standard InChI is InChI=1S/C15H22N2O/c1-2-3-8-15(18)17-11-12(9-10-16)13-6-4-5-7-14(13)17/h4-7,12H,2-3,8-11,16H2,1H3. The number of hydrogen-bond donors (Lipinski definition) is 1. The third kappa shape index (κ3) is 2.56. The van der Waals surface area contributed by atoms with E-state index in [4.69, 9.17) is 5.73 Å². The number of anilines is 1. The highest BCUT2D eigenvalue weighted by molar-refractivity contribution is 5.95. The maximum atomic E-state index is 12.2. The number of carbonyl (C=O) groups is 1. The molecule has 2 rings (SSSR count). The smallest absolute Gasteiger partial charge is 0.227 e. The van der Waals surface area contributed by atoms with Crippen LogP contribution in [0.4, 0.5) is 5.69 Å². The van der Waals surface area contributed by atoms with Crippen molar-refractivity contribution < 1.29 is 4.79 Å². The van der Waals surface area contributed by atoms with E-state index in [0.29, 0.717) is 18.9 Å². The molecule has 0 fully saturated rings. The molecule has 1 aromatic carbocycles. The lowest BCUT2D eigenvalue weighted by atomic mass is 9.98. The zero-order valence-corrected chi connectivity index (χ0v) is 11.1. The van der Waals surface area contributed by atoms with Crippen LogP contribution in [0.5, 0.6) is 0 Å². The minimum Gasteiger partial charge on any atom is -0.330 e. The summed E-state index contributed by atoms with van der Waals surface area (Å²) in [5.41, 5.74) is 8.04. The highest BCUT2D eigenvalue weighted by Gasteiger charge is 2.30. The summed E-state index contributed by atoms with van der Waals surface area (Å²) in [6, 6.07) is 8.23. The van der Waals surface area contributed by atoms with Crippen molar-refractivity contribution >= 4 is 11.6 Å². The summed E-state index contributed by atoms with van der Waals surface area (Å²) < 4.78 is 0. The molecule has 0 aliphatic carbocycles. The number of nitrogens with two attached hydrogens (primary N) is 1. The van der Waals surface area contributed by atoms with Gasteiger partial charge in [-0.2, -0.15) is 0 Å². The molecule has 0 aromatic heterocycles. The quantitative estimate of drug-likeness (QED) is 0.868. The Bertz CT molecular complexity index is 417. The molecular weight excluding hydrogens is 224 g/mol. The Morgan fingerprint density at radius 2 is 2.22 bits per heavy atom. The molecule has 3 heteroatoms. The number of fused-ring (bicyclic) bond motifs is 1. The average molecular weight is 246 g/mol. The zero-order chi connectivity index (χ0) is 13.0. The maximum Gasteiger partial charge on any atom is 0.227 e. The fraction of sp³-hybridized carbons (Fsp3) is 0.533. The first-order valence-corrected chi connectivity index (χ1v) is 6.87. The van der Waals surface area contributed by atoms with Crippen LogP contribution in [-0.2, 0) is 4.79 Å². The molecular formula is C15H22N2O. The molecule has 1 heterocycles. The molecule has 3 nitrogen and oxygen atoms in total. The van der Waals surface area contributed by atoms with Gasteiger partial charge in [0.2, 0.25) is 5.91 Å². The molecule has 1 amide bonds. The van der Waals surface area contributed by atoms with Crippen LogP contribution in [-0.4, -0.2) is 19.0 Å². The van der Waals surface area contributed by atoms with Crippen LogP contribution in [0.2, 0.25) is 0 Å². The Hall–Kier alpha value is -1.35. The summed E-state index contributed by atoms with van der Waals surface area (Å²) in [7, 11) is 0. The lowest BCUT2D eigenvalue weighted by Gasteiger charge is -2.17. The summed E-state index contributed by atoms with van der Waals surface area (Å²) >= 11 is 0. The molecule has 18 heavy (non-hydrogen) atoms. The summed E-state index contributed by atoms with van der Waals surface area (Å²) in [5.74, 6) is 0.667. The second kappa shape index (κ2) is 6.01. The van der Waals surface area contributed by atoms with E-state index in [1.54, 1.807) is 0 Å². The van der Waals surface area contributed by atoms with Crippen LogP contribution in [0.1, 0.15) is 44.1 Å². The van der Waals surface area contributed by atoms with E-state index in [-0.39, 0.29) is 5.91 Å². The SMILES string of the molecule is CCCCC(=O)N1CC(CCN)c2ccccc21. The van der Waals surface area contributed by atoms with E-state index >= 15 is 0 Å². The Morgan fingerprint density at radius 1 is 1.44 bits per heavy atom. The van der Waals surface area contributed by atoms with E-state index in [1.807, 2.05) is 17.0 Å². The van der Waals surface area contributed by atoms with Crippen LogP contribution in [0, 0.1) is 0 Å². The molecule has 0 radical (unpaired) electrons. The van der Waals surface area contributed by atoms with Gasteiger partial charge in [0.05, 0.1) is 0 Å². The second-order valence-corrected chi connectivity index (χ2v) is 4.94. The molecule has 0 spiro atoms. The lowest BCUT2D eigenvalue weighted by Crippen LogP contribution is -2.29. The van der Waals surface area contributed by atoms with Crippen molar-refractivity contribution in [1.82, 2.24) is 0 Å². The van der Waals surface area contributed by atoms with Gasteiger partial charge in [-0.25, -0.2) is 0 Å². The third-order valence-corrected chi connectivity index (χ3v) is 3.63. The molecule has 1 aliphatic heterocycles. The topological polar surface area (TPSA) is 46.3 Å². The molecule has 1 aromatic rings. The van der Waals surface area contributed by atoms with Gasteiger partial charge in [0, 0.05) is 24.6 Å². The van der Waals surface area contributed by atoms with E-state index in [2.05, 4.69) is 19.1 Å². The number of hydrogen-bond acceptors (Lipinski definition) is 2. The number of amides is 1. The minimum atomic E-state index is 0.254. The van der Waals surface area contributed by atoms with Crippen molar-refractivity contribution in [2.75, 3.05) is 18.0 Å². The summed E-state index contributed by atoms with van der Waals surface area (Å²) in [6.07, 6.45) is 3.64. The fourth-order valence-corrected chi connectivity index (χ4v) is 2.64. The van der Waals surface area contributed by atoms with E-state index in [1.165, 1.54) is 5.56 Å². The average Bonchev–Trinajstić information content (AvgIpc) is 2.76. The monoisotopic (exact) mass is 246 g/mol. The molecule has 2 N–H and O–H groups in total. The molecule has 98 valence electrons. The molecule has 0 saturated carbocycles. The van der Waals surface area contributed by atoms with Gasteiger partial charge in [-0.3, -0.25) is 4.79 Å². The number of para-hydroxylation sites is 1. The Morgan fingerprint density at radius 3 is 2.94 bits per heavy atom. The van der Waals surface area contributed by atoms with Crippen LogP contribution >= 0.6 is 0 Å². The first-order valence-electron chi connectivity index (χ1n) is 6.87. The lowest BCUT2D eigenvalue weighted by molar-refractivity contribution is -0.118. The minimum absolute atomic E-state index is 0.254. The van der Waals surface area contributed by atoms with Crippen molar-refractivity contribution in [3.8, 4) is 0 Å². The number of carbonyl (C=O) groups excluding carboxylic acids is 1. The highest BCUT2D eigenvalue weighted by Crippen LogP contribution is 2.38. The van der Waals surface area contributed by atoms with Gasteiger partial charge in [0.15, 0.2) is 0 Å². The van der Waals surface area contributed by atoms with Crippen molar-refractivity contribution in [2.24, 2.45) is 5.73 Å². The van der Waals surface area contributed by atoms with E-state index < -0.39 is 0 Å². The number of nitrogens with zero attached hydrogens (tertiary/aromatic N) is 1. The normalized spacial score (nSPS) is 17.9. The molecule has 0 bridgehead atoms. The van der Waals surface area contributed by atoms with E-state index in [0.717, 1.165) is 31.5 Å². The number of rotatable bonds is 5. The van der Waals surface area contributed by atoms with Crippen LogP contribution in [0.3, 0.4) is 0 Å². The van der Waals surface area contributed by atoms with Gasteiger partial charge < -0.3 is 10.6 Å². The number of unbranched alkanes of at least 4 members (excludes halogenated alkanes) is 1. The third-order valence-electron chi connectivity index (χ3n) is 3.63. The highest BCUT2D eigenvalue weighted by atomic mass is 16.2. The van der Waals surface area contributed by atoms with Crippen LogP contribution in [0.15, 0.2) is 24.3 Å². The van der Waals surface area contributed by atoms with Crippen molar-refractivity contribution in [3.05, 3.63) is 29.8 Å². The maximum absolute atomic E-state index is 12.2. The van der Waals surface area contributed by atoms with Crippen LogP contribution < -0.4 is 10.6 Å². The first kappa shape index (κ1) is 13.1. The van der Waals surface area contributed by atoms with Gasteiger partial charge in [-0.05, 0) is 31.0 Å².